The number of hydrogen-bond acceptors (Lipinski definition) is 2. The van der Waals surface area contributed by atoms with Crippen molar-refractivity contribution in [1.82, 2.24) is 10.6 Å². The van der Waals surface area contributed by atoms with Crippen molar-refractivity contribution in [3.63, 3.8) is 0 Å². The van der Waals surface area contributed by atoms with Gasteiger partial charge in [-0.15, -0.1) is 0 Å². The Morgan fingerprint density at radius 2 is 2.13 bits per heavy atom. The van der Waals surface area contributed by atoms with E-state index >= 15 is 0 Å². The van der Waals surface area contributed by atoms with E-state index in [0.29, 0.717) is 0 Å². The van der Waals surface area contributed by atoms with Crippen LogP contribution in [0.2, 0.25) is 0 Å². The molecule has 2 N–H and O–H groups in total. The molecular weight excluding hydrogens is 184 g/mol. The molecule has 1 aliphatic carbocycles. The van der Waals surface area contributed by atoms with Gasteiger partial charge in [-0.1, -0.05) is 6.92 Å². The first-order chi connectivity index (χ1) is 7.33. The molecule has 2 aliphatic heterocycles. The molecule has 2 nitrogen and oxygen atoms in total. The molecule has 4 atom stereocenters. The second kappa shape index (κ2) is 4.06. The van der Waals surface area contributed by atoms with Crippen LogP contribution in [0.1, 0.15) is 39.0 Å². The lowest BCUT2D eigenvalue weighted by molar-refractivity contribution is 0.362. The third-order valence-electron chi connectivity index (χ3n) is 4.73. The fourth-order valence-corrected chi connectivity index (χ4v) is 3.49. The smallest absolute Gasteiger partial charge is 0.0111 e. The van der Waals surface area contributed by atoms with Gasteiger partial charge in [0.05, 0.1) is 0 Å². The Bertz CT molecular complexity index is 225. The molecule has 0 spiro atoms. The van der Waals surface area contributed by atoms with Gasteiger partial charge in [-0.05, 0) is 62.9 Å². The zero-order chi connectivity index (χ0) is 10.3. The van der Waals surface area contributed by atoms with Crippen LogP contribution in [-0.4, -0.2) is 25.2 Å². The van der Waals surface area contributed by atoms with E-state index in [2.05, 4.69) is 17.6 Å². The number of fused-ring (bicyclic) bond motifs is 2. The first-order valence-corrected chi connectivity index (χ1v) is 6.79. The lowest BCUT2D eigenvalue weighted by atomic mass is 9.89. The van der Waals surface area contributed by atoms with E-state index in [1.165, 1.54) is 45.2 Å². The lowest BCUT2D eigenvalue weighted by Crippen LogP contribution is -2.33. The van der Waals surface area contributed by atoms with Crippen LogP contribution in [0.25, 0.3) is 0 Å². The topological polar surface area (TPSA) is 24.1 Å². The van der Waals surface area contributed by atoms with Crippen molar-refractivity contribution < 1.29 is 0 Å². The van der Waals surface area contributed by atoms with Gasteiger partial charge in [-0.25, -0.2) is 0 Å². The fourth-order valence-electron chi connectivity index (χ4n) is 3.49. The molecular formula is C13H24N2. The molecule has 3 fully saturated rings. The van der Waals surface area contributed by atoms with Crippen molar-refractivity contribution in [2.45, 2.75) is 51.1 Å². The van der Waals surface area contributed by atoms with E-state index in [1.807, 2.05) is 0 Å². The molecule has 0 radical (unpaired) electrons. The summed E-state index contributed by atoms with van der Waals surface area (Å²) in [4.78, 5) is 0. The molecule has 3 aliphatic rings. The van der Waals surface area contributed by atoms with Crippen molar-refractivity contribution in [2.24, 2.45) is 17.8 Å². The van der Waals surface area contributed by atoms with Crippen LogP contribution in [0.15, 0.2) is 0 Å². The number of rotatable bonds is 5. The molecule has 2 heteroatoms. The van der Waals surface area contributed by atoms with Crippen LogP contribution in [0.3, 0.4) is 0 Å². The van der Waals surface area contributed by atoms with Crippen molar-refractivity contribution in [3.05, 3.63) is 0 Å². The predicted octanol–water partition coefficient (Wildman–Crippen LogP) is 1.76. The van der Waals surface area contributed by atoms with Crippen LogP contribution in [0.4, 0.5) is 0 Å². The summed E-state index contributed by atoms with van der Waals surface area (Å²) in [6, 6.07) is 1.71. The monoisotopic (exact) mass is 208 g/mol. The third-order valence-corrected chi connectivity index (χ3v) is 4.73. The van der Waals surface area contributed by atoms with E-state index < -0.39 is 0 Å². The minimum atomic E-state index is 0.846. The highest BCUT2D eigenvalue weighted by Crippen LogP contribution is 2.36. The maximum Gasteiger partial charge on any atom is 0.0111 e. The lowest BCUT2D eigenvalue weighted by Gasteiger charge is -2.21. The molecule has 0 aromatic heterocycles. The summed E-state index contributed by atoms with van der Waals surface area (Å²) in [5, 5.41) is 7.40. The van der Waals surface area contributed by atoms with Crippen molar-refractivity contribution >= 4 is 0 Å². The minimum Gasteiger partial charge on any atom is -0.316 e. The van der Waals surface area contributed by atoms with Gasteiger partial charge in [0.2, 0.25) is 0 Å². The zero-order valence-electron chi connectivity index (χ0n) is 9.84. The highest BCUT2D eigenvalue weighted by Gasteiger charge is 2.38. The Labute approximate surface area is 93.2 Å². The van der Waals surface area contributed by atoms with Gasteiger partial charge in [0, 0.05) is 12.1 Å². The Balaban J connectivity index is 1.35. The molecule has 0 aromatic carbocycles. The zero-order valence-corrected chi connectivity index (χ0v) is 9.84. The maximum absolute atomic E-state index is 3.71. The molecule has 3 rings (SSSR count). The SMILES string of the molecule is CC(CNCC1CC2CCC1N2)C1CC1. The largest absolute Gasteiger partial charge is 0.316 e. The summed E-state index contributed by atoms with van der Waals surface area (Å²) in [6.45, 7) is 4.91. The Morgan fingerprint density at radius 3 is 2.73 bits per heavy atom. The summed E-state index contributed by atoms with van der Waals surface area (Å²) >= 11 is 0. The molecule has 1 saturated carbocycles. The average Bonchev–Trinajstić information content (AvgIpc) is 2.90. The van der Waals surface area contributed by atoms with E-state index in [-0.39, 0.29) is 0 Å². The van der Waals surface area contributed by atoms with Crippen LogP contribution < -0.4 is 10.6 Å². The van der Waals surface area contributed by atoms with E-state index in [4.69, 9.17) is 0 Å². The maximum atomic E-state index is 3.71. The Hall–Kier alpha value is -0.0800. The summed E-state index contributed by atoms with van der Waals surface area (Å²) in [7, 11) is 0. The predicted molar refractivity (Wildman–Crippen MR) is 62.8 cm³/mol. The summed E-state index contributed by atoms with van der Waals surface area (Å²) in [5.41, 5.74) is 0. The standard InChI is InChI=1S/C13H24N2/c1-9(10-2-3-10)7-14-8-11-6-12-4-5-13(11)15-12/h9-15H,2-8H2,1H3. The van der Waals surface area contributed by atoms with Crippen molar-refractivity contribution in [1.29, 1.82) is 0 Å². The van der Waals surface area contributed by atoms with E-state index in [0.717, 1.165) is 29.8 Å². The summed E-state index contributed by atoms with van der Waals surface area (Å²) in [5.74, 6) is 2.89. The van der Waals surface area contributed by atoms with Crippen molar-refractivity contribution in [2.75, 3.05) is 13.1 Å². The van der Waals surface area contributed by atoms with Gasteiger partial charge in [-0.2, -0.15) is 0 Å². The number of nitrogens with one attached hydrogen (secondary N) is 2. The quantitative estimate of drug-likeness (QED) is 0.719. The van der Waals surface area contributed by atoms with Crippen LogP contribution in [0, 0.1) is 17.8 Å². The molecule has 4 unspecified atom stereocenters. The van der Waals surface area contributed by atoms with Crippen molar-refractivity contribution in [3.8, 4) is 0 Å². The molecule has 2 saturated heterocycles. The first-order valence-electron chi connectivity index (χ1n) is 6.79. The summed E-state index contributed by atoms with van der Waals surface area (Å²) in [6.07, 6.45) is 7.25. The highest BCUT2D eigenvalue weighted by molar-refractivity contribution is 4.98. The van der Waals surface area contributed by atoms with Crippen LogP contribution >= 0.6 is 0 Å². The molecule has 2 heterocycles. The Morgan fingerprint density at radius 1 is 1.27 bits per heavy atom. The number of hydrogen-bond donors (Lipinski definition) is 2. The average molecular weight is 208 g/mol. The Kier molecular flexibility index (Phi) is 2.73. The van der Waals surface area contributed by atoms with Gasteiger partial charge in [0.1, 0.15) is 0 Å². The second-order valence-corrected chi connectivity index (χ2v) is 6.02. The molecule has 15 heavy (non-hydrogen) atoms. The second-order valence-electron chi connectivity index (χ2n) is 6.02. The van der Waals surface area contributed by atoms with Crippen LogP contribution in [-0.2, 0) is 0 Å². The molecule has 0 amide bonds. The molecule has 86 valence electrons. The van der Waals surface area contributed by atoms with Gasteiger partial charge < -0.3 is 10.6 Å². The van der Waals surface area contributed by atoms with Crippen LogP contribution in [0.5, 0.6) is 0 Å². The molecule has 2 bridgehead atoms. The van der Waals surface area contributed by atoms with Gasteiger partial charge >= 0.3 is 0 Å². The highest BCUT2D eigenvalue weighted by atomic mass is 15.0. The van der Waals surface area contributed by atoms with Gasteiger partial charge in [0.15, 0.2) is 0 Å². The van der Waals surface area contributed by atoms with Gasteiger partial charge in [-0.3, -0.25) is 0 Å². The first kappa shape index (κ1) is 10.1. The third kappa shape index (κ3) is 2.21. The van der Waals surface area contributed by atoms with E-state index in [1.54, 1.807) is 0 Å². The van der Waals surface area contributed by atoms with E-state index in [9.17, 15) is 0 Å². The van der Waals surface area contributed by atoms with Gasteiger partial charge in [0.25, 0.3) is 0 Å². The minimum absolute atomic E-state index is 0.846. The normalized spacial score (nSPS) is 41.0. The fraction of sp³-hybridized carbons (Fsp3) is 1.00. The summed E-state index contributed by atoms with van der Waals surface area (Å²) < 4.78 is 0. The molecule has 0 aromatic rings.